The van der Waals surface area contributed by atoms with Gasteiger partial charge < -0.3 is 5.11 Å². The second-order valence-corrected chi connectivity index (χ2v) is 2.64. The van der Waals surface area contributed by atoms with Gasteiger partial charge >= 0.3 is 0 Å². The van der Waals surface area contributed by atoms with E-state index < -0.39 is 4.92 Å². The topological polar surface area (TPSA) is 63.4 Å². The summed E-state index contributed by atoms with van der Waals surface area (Å²) in [6, 6.07) is 6.30. The first-order valence-electron chi connectivity index (χ1n) is 3.71. The summed E-state index contributed by atoms with van der Waals surface area (Å²) in [5, 5.41) is 19.3. The van der Waals surface area contributed by atoms with Crippen LogP contribution < -0.4 is 0 Å². The maximum atomic E-state index is 10.3. The molecule has 0 saturated carbocycles. The molecule has 0 aliphatic carbocycles. The third kappa shape index (κ3) is 2.59. The van der Waals surface area contributed by atoms with Gasteiger partial charge in [-0.25, -0.2) is 0 Å². The Morgan fingerprint density at radius 2 is 2.31 bits per heavy atom. The van der Waals surface area contributed by atoms with Crippen molar-refractivity contribution in [1.29, 1.82) is 0 Å². The summed E-state index contributed by atoms with van der Waals surface area (Å²) >= 11 is 0. The van der Waals surface area contributed by atoms with Gasteiger partial charge in [0, 0.05) is 13.0 Å². The van der Waals surface area contributed by atoms with Crippen LogP contribution in [0.2, 0.25) is 0 Å². The fourth-order valence-corrected chi connectivity index (χ4v) is 0.908. The lowest BCUT2D eigenvalue weighted by Gasteiger charge is -1.94. The molecule has 1 aromatic rings. The minimum Gasteiger partial charge on any atom is -0.508 e. The van der Waals surface area contributed by atoms with E-state index in [2.05, 4.69) is 0 Å². The van der Waals surface area contributed by atoms with E-state index in [9.17, 15) is 10.1 Å². The summed E-state index contributed by atoms with van der Waals surface area (Å²) in [5.41, 5.74) is 0.666. The average molecular weight is 179 g/mol. The molecule has 0 atom stereocenters. The number of aromatic hydroxyl groups is 1. The zero-order chi connectivity index (χ0) is 9.84. The van der Waals surface area contributed by atoms with Crippen molar-refractivity contribution in [3.8, 4) is 5.75 Å². The van der Waals surface area contributed by atoms with Crippen LogP contribution in [0.1, 0.15) is 12.5 Å². The van der Waals surface area contributed by atoms with Gasteiger partial charge in [-0.1, -0.05) is 12.1 Å². The fourth-order valence-electron chi connectivity index (χ4n) is 0.908. The Labute approximate surface area is 75.3 Å². The maximum Gasteiger partial charge on any atom is 0.243 e. The normalized spacial score (nSPS) is 11.3. The second kappa shape index (κ2) is 3.71. The molecule has 0 fully saturated rings. The van der Waals surface area contributed by atoms with Crippen molar-refractivity contribution < 1.29 is 10.0 Å². The minimum absolute atomic E-state index is 0.0469. The Kier molecular flexibility index (Phi) is 2.64. The third-order valence-electron chi connectivity index (χ3n) is 1.53. The standard InChI is InChI=1S/C9H9NO3/c1-7(10(12)13)5-8-3-2-4-9(11)6-8/h2-6,11H,1H3/b7-5-. The maximum absolute atomic E-state index is 10.3. The highest BCUT2D eigenvalue weighted by Gasteiger charge is 2.01. The van der Waals surface area contributed by atoms with E-state index >= 15 is 0 Å². The van der Waals surface area contributed by atoms with Crippen LogP contribution in [0.4, 0.5) is 0 Å². The molecule has 0 radical (unpaired) electrons. The van der Waals surface area contributed by atoms with Gasteiger partial charge in [0.2, 0.25) is 5.70 Å². The van der Waals surface area contributed by atoms with Crippen molar-refractivity contribution in [1.82, 2.24) is 0 Å². The van der Waals surface area contributed by atoms with Crippen molar-refractivity contribution in [2.24, 2.45) is 0 Å². The molecule has 13 heavy (non-hydrogen) atoms. The predicted molar refractivity (Wildman–Crippen MR) is 48.8 cm³/mol. The summed E-state index contributed by atoms with van der Waals surface area (Å²) in [4.78, 5) is 9.80. The molecule has 4 nitrogen and oxygen atoms in total. The van der Waals surface area contributed by atoms with Crippen LogP contribution in [-0.2, 0) is 0 Å². The summed E-state index contributed by atoms with van der Waals surface area (Å²) in [6.07, 6.45) is 1.40. The molecule has 68 valence electrons. The molecule has 0 amide bonds. The van der Waals surface area contributed by atoms with Crippen molar-refractivity contribution >= 4 is 6.08 Å². The van der Waals surface area contributed by atoms with Gasteiger partial charge in [-0.15, -0.1) is 0 Å². The van der Waals surface area contributed by atoms with Crippen LogP contribution in [0.3, 0.4) is 0 Å². The first kappa shape index (κ1) is 9.25. The number of hydrogen-bond donors (Lipinski definition) is 1. The molecule has 4 heteroatoms. The van der Waals surface area contributed by atoms with Gasteiger partial charge in [-0.3, -0.25) is 10.1 Å². The number of phenols is 1. The largest absolute Gasteiger partial charge is 0.508 e. The highest BCUT2D eigenvalue weighted by molar-refractivity contribution is 5.52. The first-order chi connectivity index (χ1) is 6.09. The monoisotopic (exact) mass is 179 g/mol. The molecule has 0 spiro atoms. The molecule has 1 rings (SSSR count). The van der Waals surface area contributed by atoms with Gasteiger partial charge in [-0.2, -0.15) is 0 Å². The quantitative estimate of drug-likeness (QED) is 0.558. The summed E-state index contributed by atoms with van der Waals surface area (Å²) in [6.45, 7) is 1.41. The average Bonchev–Trinajstić information content (AvgIpc) is 2.04. The molecule has 0 aliphatic rings. The Balaban J connectivity index is 2.97. The van der Waals surface area contributed by atoms with E-state index in [0.717, 1.165) is 0 Å². The smallest absolute Gasteiger partial charge is 0.243 e. The van der Waals surface area contributed by atoms with Gasteiger partial charge in [0.1, 0.15) is 5.75 Å². The van der Waals surface area contributed by atoms with E-state index in [1.807, 2.05) is 0 Å². The lowest BCUT2D eigenvalue weighted by Crippen LogP contribution is -1.92. The number of hydrogen-bond acceptors (Lipinski definition) is 3. The molecule has 0 bridgehead atoms. The van der Waals surface area contributed by atoms with E-state index in [1.54, 1.807) is 12.1 Å². The molecule has 0 saturated heterocycles. The van der Waals surface area contributed by atoms with Crippen LogP contribution in [0.5, 0.6) is 5.75 Å². The lowest BCUT2D eigenvalue weighted by atomic mass is 10.2. The van der Waals surface area contributed by atoms with E-state index in [1.165, 1.54) is 25.1 Å². The number of rotatable bonds is 2. The zero-order valence-corrected chi connectivity index (χ0v) is 7.10. The number of phenolic OH excluding ortho intramolecular Hbond substituents is 1. The molecule has 0 aliphatic heterocycles. The highest BCUT2D eigenvalue weighted by atomic mass is 16.6. The summed E-state index contributed by atoms with van der Waals surface area (Å²) in [5.74, 6) is 0.102. The van der Waals surface area contributed by atoms with Crippen LogP contribution in [-0.4, -0.2) is 10.0 Å². The van der Waals surface area contributed by atoms with Crippen LogP contribution in [0.25, 0.3) is 6.08 Å². The first-order valence-corrected chi connectivity index (χ1v) is 3.71. The molecular formula is C9H9NO3. The fraction of sp³-hybridized carbons (Fsp3) is 0.111. The SMILES string of the molecule is C/C(=C/c1cccc(O)c1)[N+](=O)[O-]. The van der Waals surface area contributed by atoms with Gasteiger partial charge in [0.05, 0.1) is 4.92 Å². The van der Waals surface area contributed by atoms with Crippen molar-refractivity contribution in [3.05, 3.63) is 45.6 Å². The Bertz CT molecular complexity index is 358. The third-order valence-corrected chi connectivity index (χ3v) is 1.53. The Morgan fingerprint density at radius 1 is 1.62 bits per heavy atom. The van der Waals surface area contributed by atoms with E-state index in [-0.39, 0.29) is 11.4 Å². The van der Waals surface area contributed by atoms with E-state index in [0.29, 0.717) is 5.56 Å². The van der Waals surface area contributed by atoms with Gasteiger partial charge in [-0.05, 0) is 17.7 Å². The molecule has 1 aromatic carbocycles. The minimum atomic E-state index is -0.468. The molecule has 0 aromatic heterocycles. The number of benzene rings is 1. The highest BCUT2D eigenvalue weighted by Crippen LogP contribution is 2.13. The molecule has 0 heterocycles. The van der Waals surface area contributed by atoms with E-state index in [4.69, 9.17) is 5.11 Å². The zero-order valence-electron chi connectivity index (χ0n) is 7.10. The molecule has 1 N–H and O–H groups in total. The predicted octanol–water partition coefficient (Wildman–Crippen LogP) is 2.03. The number of nitro groups is 1. The lowest BCUT2D eigenvalue weighted by molar-refractivity contribution is -0.422. The van der Waals surface area contributed by atoms with Crippen molar-refractivity contribution in [3.63, 3.8) is 0 Å². The van der Waals surface area contributed by atoms with Crippen molar-refractivity contribution in [2.75, 3.05) is 0 Å². The second-order valence-electron chi connectivity index (χ2n) is 2.64. The molecule has 0 unspecified atom stereocenters. The van der Waals surface area contributed by atoms with Gasteiger partial charge in [0.25, 0.3) is 0 Å². The Morgan fingerprint density at radius 3 is 2.85 bits per heavy atom. The summed E-state index contributed by atoms with van der Waals surface area (Å²) < 4.78 is 0. The number of allylic oxidation sites excluding steroid dienone is 1. The van der Waals surface area contributed by atoms with Crippen molar-refractivity contribution in [2.45, 2.75) is 6.92 Å². The van der Waals surface area contributed by atoms with Crippen LogP contribution in [0.15, 0.2) is 30.0 Å². The Hall–Kier alpha value is -1.84. The summed E-state index contributed by atoms with van der Waals surface area (Å²) in [7, 11) is 0. The van der Waals surface area contributed by atoms with Gasteiger partial charge in [0.15, 0.2) is 0 Å². The molecular weight excluding hydrogens is 170 g/mol. The van der Waals surface area contributed by atoms with Crippen LogP contribution in [0, 0.1) is 10.1 Å². The number of nitrogens with zero attached hydrogens (tertiary/aromatic N) is 1. The van der Waals surface area contributed by atoms with Crippen LogP contribution >= 0.6 is 0 Å².